The van der Waals surface area contributed by atoms with E-state index in [1.165, 1.54) is 11.0 Å². The predicted molar refractivity (Wildman–Crippen MR) is 130 cm³/mol. The van der Waals surface area contributed by atoms with Crippen molar-refractivity contribution in [2.45, 2.75) is 50.0 Å². The standard InChI is InChI=1S/C27H27F3N4O4/c28-27(29,30)17-5-3-4-16(12-17)24(36)31-13-23(35)32-18-14-33(15-18)19-8-10-20(11-9-19)34-25(37)21-6-1-2-7-22(21)26(34)38/h1-7,12,18-20H,8-11,13-15H2,(H,31,36)(H,32,35)/t19-,20+. The Hall–Kier alpha value is -3.73. The third kappa shape index (κ3) is 5.15. The number of hydrogen-bond donors (Lipinski definition) is 2. The van der Waals surface area contributed by atoms with E-state index in [0.717, 1.165) is 43.9 Å². The Bertz CT molecular complexity index is 1230. The Morgan fingerprint density at radius 1 is 0.868 bits per heavy atom. The van der Waals surface area contributed by atoms with Crippen molar-refractivity contribution in [1.82, 2.24) is 20.4 Å². The molecule has 0 aromatic heterocycles. The van der Waals surface area contributed by atoms with Gasteiger partial charge in [0, 0.05) is 30.7 Å². The van der Waals surface area contributed by atoms with Crippen LogP contribution in [0.4, 0.5) is 13.2 Å². The lowest BCUT2D eigenvalue weighted by Gasteiger charge is -2.47. The van der Waals surface area contributed by atoms with Crippen molar-refractivity contribution < 1.29 is 32.3 Å². The summed E-state index contributed by atoms with van der Waals surface area (Å²) in [5.74, 6) is -1.61. The molecule has 5 rings (SSSR count). The van der Waals surface area contributed by atoms with E-state index in [1.807, 2.05) is 0 Å². The molecule has 2 N–H and O–H groups in total. The maximum absolute atomic E-state index is 12.8. The van der Waals surface area contributed by atoms with Crippen LogP contribution >= 0.6 is 0 Å². The van der Waals surface area contributed by atoms with Crippen LogP contribution < -0.4 is 10.6 Å². The van der Waals surface area contributed by atoms with Gasteiger partial charge in [-0.05, 0) is 56.0 Å². The van der Waals surface area contributed by atoms with Gasteiger partial charge in [-0.15, -0.1) is 0 Å². The van der Waals surface area contributed by atoms with E-state index < -0.39 is 23.6 Å². The van der Waals surface area contributed by atoms with Crippen LogP contribution in [0.15, 0.2) is 48.5 Å². The topological polar surface area (TPSA) is 98.8 Å². The number of carbonyl (C=O) groups excluding carboxylic acids is 4. The third-order valence-electron chi connectivity index (χ3n) is 7.51. The molecule has 1 saturated carbocycles. The second kappa shape index (κ2) is 10.2. The third-order valence-corrected chi connectivity index (χ3v) is 7.51. The van der Waals surface area contributed by atoms with Gasteiger partial charge in [0.15, 0.2) is 0 Å². The van der Waals surface area contributed by atoms with Crippen molar-refractivity contribution in [2.75, 3.05) is 19.6 Å². The van der Waals surface area contributed by atoms with E-state index in [4.69, 9.17) is 0 Å². The molecule has 4 amide bonds. The molecule has 2 fully saturated rings. The molecule has 1 saturated heterocycles. The zero-order valence-corrected chi connectivity index (χ0v) is 20.5. The zero-order valence-electron chi connectivity index (χ0n) is 20.5. The Labute approximate surface area is 217 Å². The summed E-state index contributed by atoms with van der Waals surface area (Å²) in [4.78, 5) is 53.6. The Kier molecular flexibility index (Phi) is 6.95. The van der Waals surface area contributed by atoms with E-state index in [0.29, 0.717) is 30.3 Å². The van der Waals surface area contributed by atoms with Gasteiger partial charge >= 0.3 is 6.18 Å². The van der Waals surface area contributed by atoms with Crippen LogP contribution in [0.3, 0.4) is 0 Å². The van der Waals surface area contributed by atoms with E-state index in [-0.39, 0.29) is 36.0 Å². The Balaban J connectivity index is 1.03. The average molecular weight is 529 g/mol. The van der Waals surface area contributed by atoms with Gasteiger partial charge in [-0.1, -0.05) is 18.2 Å². The fourth-order valence-corrected chi connectivity index (χ4v) is 5.50. The second-order valence-electron chi connectivity index (χ2n) is 9.97. The highest BCUT2D eigenvalue weighted by molar-refractivity contribution is 6.21. The number of imide groups is 1. The molecule has 200 valence electrons. The molecular formula is C27H27F3N4O4. The van der Waals surface area contributed by atoms with E-state index in [1.54, 1.807) is 24.3 Å². The second-order valence-corrected chi connectivity index (χ2v) is 9.97. The molecule has 0 bridgehead atoms. The molecule has 3 aliphatic rings. The molecule has 2 heterocycles. The van der Waals surface area contributed by atoms with Crippen LogP contribution in [0, 0.1) is 0 Å². The number of amides is 4. The highest BCUT2D eigenvalue weighted by Gasteiger charge is 2.42. The first kappa shape index (κ1) is 25.9. The average Bonchev–Trinajstić information content (AvgIpc) is 3.14. The number of likely N-dealkylation sites (tertiary alicyclic amines) is 1. The number of alkyl halides is 3. The first-order valence-electron chi connectivity index (χ1n) is 12.6. The molecule has 11 heteroatoms. The van der Waals surface area contributed by atoms with Crippen LogP contribution in [0.25, 0.3) is 0 Å². The zero-order chi connectivity index (χ0) is 27.0. The molecule has 38 heavy (non-hydrogen) atoms. The fourth-order valence-electron chi connectivity index (χ4n) is 5.50. The molecule has 0 atom stereocenters. The van der Waals surface area contributed by atoms with Crippen molar-refractivity contribution in [3.05, 3.63) is 70.8 Å². The summed E-state index contributed by atoms with van der Waals surface area (Å²) in [5.41, 5.74) is -0.167. The van der Waals surface area contributed by atoms with E-state index in [9.17, 15) is 32.3 Å². The maximum Gasteiger partial charge on any atom is 0.416 e. The molecule has 1 aliphatic carbocycles. The van der Waals surface area contributed by atoms with Crippen LogP contribution in [0.1, 0.15) is 62.3 Å². The highest BCUT2D eigenvalue weighted by Crippen LogP contribution is 2.34. The minimum Gasteiger partial charge on any atom is -0.349 e. The quantitative estimate of drug-likeness (QED) is 0.562. The monoisotopic (exact) mass is 528 g/mol. The number of carbonyl (C=O) groups is 4. The fraction of sp³-hybridized carbons (Fsp3) is 0.407. The van der Waals surface area contributed by atoms with E-state index in [2.05, 4.69) is 15.5 Å². The van der Waals surface area contributed by atoms with Crippen molar-refractivity contribution in [2.24, 2.45) is 0 Å². The van der Waals surface area contributed by atoms with Crippen LogP contribution in [0.2, 0.25) is 0 Å². The molecule has 0 radical (unpaired) electrons. The van der Waals surface area contributed by atoms with Gasteiger partial charge in [0.2, 0.25) is 5.91 Å². The Morgan fingerprint density at radius 3 is 2.08 bits per heavy atom. The van der Waals surface area contributed by atoms with Gasteiger partial charge in [0.25, 0.3) is 17.7 Å². The molecular weight excluding hydrogens is 501 g/mol. The number of benzene rings is 2. The number of hydrogen-bond acceptors (Lipinski definition) is 5. The lowest BCUT2D eigenvalue weighted by Crippen LogP contribution is -2.63. The normalized spacial score (nSPS) is 22.1. The lowest BCUT2D eigenvalue weighted by atomic mass is 9.87. The summed E-state index contributed by atoms with van der Waals surface area (Å²) >= 11 is 0. The largest absolute Gasteiger partial charge is 0.416 e. The SMILES string of the molecule is O=C(CNC(=O)c1cccc(C(F)(F)F)c1)NC1CN([C@H]2CC[C@@H](N3C(=O)c4ccccc4C3=O)CC2)C1. The minimum absolute atomic E-state index is 0.0816. The number of nitrogens with zero attached hydrogens (tertiary/aromatic N) is 2. The molecule has 2 aromatic carbocycles. The Morgan fingerprint density at radius 2 is 1.47 bits per heavy atom. The van der Waals surface area contributed by atoms with Gasteiger partial charge in [0.1, 0.15) is 0 Å². The highest BCUT2D eigenvalue weighted by atomic mass is 19.4. The minimum atomic E-state index is -4.56. The summed E-state index contributed by atoms with van der Waals surface area (Å²) in [6.45, 7) is 0.961. The summed E-state index contributed by atoms with van der Waals surface area (Å²) in [6.07, 6.45) is -1.42. The maximum atomic E-state index is 12.8. The van der Waals surface area contributed by atoms with Crippen LogP contribution in [-0.4, -0.2) is 71.2 Å². The first-order valence-corrected chi connectivity index (χ1v) is 12.6. The van der Waals surface area contributed by atoms with Crippen molar-refractivity contribution in [3.8, 4) is 0 Å². The number of halogens is 3. The van der Waals surface area contributed by atoms with Crippen molar-refractivity contribution in [1.29, 1.82) is 0 Å². The van der Waals surface area contributed by atoms with Gasteiger partial charge in [-0.3, -0.25) is 29.0 Å². The molecule has 8 nitrogen and oxygen atoms in total. The first-order chi connectivity index (χ1) is 18.1. The van der Waals surface area contributed by atoms with Crippen molar-refractivity contribution in [3.63, 3.8) is 0 Å². The lowest BCUT2D eigenvalue weighted by molar-refractivity contribution is -0.137. The molecule has 0 unspecified atom stereocenters. The van der Waals surface area contributed by atoms with Crippen molar-refractivity contribution >= 4 is 23.6 Å². The summed E-state index contributed by atoms with van der Waals surface area (Å²) in [7, 11) is 0. The molecule has 0 spiro atoms. The number of rotatable bonds is 6. The van der Waals surface area contributed by atoms with Gasteiger partial charge in [-0.25, -0.2) is 0 Å². The van der Waals surface area contributed by atoms with Gasteiger partial charge in [0.05, 0.1) is 29.3 Å². The van der Waals surface area contributed by atoms with Gasteiger partial charge in [-0.2, -0.15) is 13.2 Å². The summed E-state index contributed by atoms with van der Waals surface area (Å²) in [5, 5.41) is 5.19. The number of nitrogens with one attached hydrogen (secondary N) is 2. The summed E-state index contributed by atoms with van der Waals surface area (Å²) < 4.78 is 38.5. The molecule has 2 aromatic rings. The summed E-state index contributed by atoms with van der Waals surface area (Å²) in [6, 6.07) is 11.0. The molecule has 2 aliphatic heterocycles. The predicted octanol–water partition coefficient (Wildman–Crippen LogP) is 2.84. The van der Waals surface area contributed by atoms with Crippen LogP contribution in [0.5, 0.6) is 0 Å². The van der Waals surface area contributed by atoms with Crippen LogP contribution in [-0.2, 0) is 11.0 Å². The number of fused-ring (bicyclic) bond motifs is 1. The smallest absolute Gasteiger partial charge is 0.349 e. The van der Waals surface area contributed by atoms with E-state index >= 15 is 0 Å². The van der Waals surface area contributed by atoms with Gasteiger partial charge < -0.3 is 10.6 Å².